The molecule has 2 aliphatic heterocycles. The van der Waals surface area contributed by atoms with Gasteiger partial charge in [-0.25, -0.2) is 0 Å². The van der Waals surface area contributed by atoms with Crippen LogP contribution in [0.2, 0.25) is 0 Å². The van der Waals surface area contributed by atoms with Gasteiger partial charge < -0.3 is 10.1 Å². The number of ether oxygens (including phenoxy) is 1. The molecule has 0 aromatic heterocycles. The monoisotopic (exact) mass is 295 g/mol. The zero-order valence-electron chi connectivity index (χ0n) is 10.2. The molecule has 1 fully saturated rings. The molecule has 0 spiro atoms. The van der Waals surface area contributed by atoms with Crippen molar-refractivity contribution in [3.8, 4) is 5.75 Å². The second kappa shape index (κ2) is 4.29. The van der Waals surface area contributed by atoms with Gasteiger partial charge in [0.15, 0.2) is 0 Å². The normalized spacial score (nSPS) is 20.6. The zero-order valence-corrected chi connectivity index (χ0v) is 11.8. The Balaban J connectivity index is 1.92. The lowest BCUT2D eigenvalue weighted by molar-refractivity contribution is 0.158. The van der Waals surface area contributed by atoms with E-state index in [2.05, 4.69) is 40.3 Å². The molecule has 0 bridgehead atoms. The Bertz CT molecular complexity index is 435. The van der Waals surface area contributed by atoms with E-state index in [9.17, 15) is 0 Å². The molecule has 1 aromatic carbocycles. The first-order valence-electron chi connectivity index (χ1n) is 6.37. The molecule has 0 aliphatic carbocycles. The Hall–Kier alpha value is -0.540. The van der Waals surface area contributed by atoms with Crippen molar-refractivity contribution in [3.63, 3.8) is 0 Å². The number of halogens is 1. The number of hydrogen-bond acceptors (Lipinski definition) is 2. The van der Waals surface area contributed by atoms with Gasteiger partial charge in [-0.2, -0.15) is 0 Å². The quantitative estimate of drug-likeness (QED) is 0.926. The number of fused-ring (bicyclic) bond motifs is 1. The van der Waals surface area contributed by atoms with Crippen molar-refractivity contribution in [2.24, 2.45) is 5.41 Å². The van der Waals surface area contributed by atoms with Crippen LogP contribution in [0.25, 0.3) is 0 Å². The molecule has 0 saturated carbocycles. The van der Waals surface area contributed by atoms with Gasteiger partial charge in [0.05, 0.1) is 6.61 Å². The maximum atomic E-state index is 5.80. The molecular weight excluding hydrogens is 278 g/mol. The lowest BCUT2D eigenvalue weighted by Crippen LogP contribution is -2.54. The molecule has 0 unspecified atom stereocenters. The van der Waals surface area contributed by atoms with Crippen molar-refractivity contribution in [2.45, 2.75) is 26.2 Å². The Morgan fingerprint density at radius 3 is 2.88 bits per heavy atom. The van der Waals surface area contributed by atoms with Gasteiger partial charge in [0.2, 0.25) is 0 Å². The van der Waals surface area contributed by atoms with Gasteiger partial charge in [-0.3, -0.25) is 0 Å². The van der Waals surface area contributed by atoms with Crippen molar-refractivity contribution < 1.29 is 4.74 Å². The van der Waals surface area contributed by atoms with Crippen molar-refractivity contribution >= 4 is 15.9 Å². The van der Waals surface area contributed by atoms with E-state index in [1.165, 1.54) is 22.0 Å². The molecule has 1 saturated heterocycles. The summed E-state index contributed by atoms with van der Waals surface area (Å²) in [5.74, 6) is 1.16. The lowest BCUT2D eigenvalue weighted by Gasteiger charge is -2.42. The smallest absolute Gasteiger partial charge is 0.125 e. The molecule has 0 atom stereocenters. The van der Waals surface area contributed by atoms with Gasteiger partial charge in [0.1, 0.15) is 5.75 Å². The van der Waals surface area contributed by atoms with E-state index in [-0.39, 0.29) is 0 Å². The van der Waals surface area contributed by atoms with E-state index in [1.54, 1.807) is 0 Å². The summed E-state index contributed by atoms with van der Waals surface area (Å²) in [5.41, 5.74) is 3.21. The molecule has 2 heterocycles. The standard InChI is InChI=1S/C14H18BrNO/c1-2-14(8-16-9-14)7-11-6-12(15)5-10-3-4-17-13(10)11/h5-6,16H,2-4,7-9H2,1H3. The molecule has 3 heteroatoms. The Kier molecular flexibility index (Phi) is 2.91. The van der Waals surface area contributed by atoms with Crippen LogP contribution in [0.5, 0.6) is 5.75 Å². The first-order valence-corrected chi connectivity index (χ1v) is 7.17. The summed E-state index contributed by atoms with van der Waals surface area (Å²) in [6.45, 7) is 5.42. The van der Waals surface area contributed by atoms with Crippen LogP contribution in [0.15, 0.2) is 16.6 Å². The van der Waals surface area contributed by atoms with E-state index >= 15 is 0 Å². The maximum absolute atomic E-state index is 5.80. The molecule has 1 N–H and O–H groups in total. The second-order valence-electron chi connectivity index (χ2n) is 5.29. The Morgan fingerprint density at radius 1 is 1.41 bits per heavy atom. The average Bonchev–Trinajstić information content (AvgIpc) is 2.71. The topological polar surface area (TPSA) is 21.3 Å². The molecule has 0 amide bonds. The third kappa shape index (κ3) is 2.00. The minimum absolute atomic E-state index is 0.459. The van der Waals surface area contributed by atoms with E-state index in [0.29, 0.717) is 5.41 Å². The van der Waals surface area contributed by atoms with Crippen molar-refractivity contribution in [1.29, 1.82) is 0 Å². The van der Waals surface area contributed by atoms with Crippen molar-refractivity contribution in [2.75, 3.05) is 19.7 Å². The highest BCUT2D eigenvalue weighted by atomic mass is 79.9. The summed E-state index contributed by atoms with van der Waals surface area (Å²) < 4.78 is 6.99. The molecule has 0 radical (unpaired) electrons. The summed E-state index contributed by atoms with van der Waals surface area (Å²) in [4.78, 5) is 0. The molecule has 2 nitrogen and oxygen atoms in total. The van der Waals surface area contributed by atoms with Gasteiger partial charge >= 0.3 is 0 Å². The number of hydrogen-bond donors (Lipinski definition) is 1. The van der Waals surface area contributed by atoms with Crippen LogP contribution in [0.1, 0.15) is 24.5 Å². The van der Waals surface area contributed by atoms with E-state index in [1.807, 2.05) is 0 Å². The number of benzene rings is 1. The van der Waals surface area contributed by atoms with Crippen LogP contribution >= 0.6 is 15.9 Å². The highest BCUT2D eigenvalue weighted by molar-refractivity contribution is 9.10. The summed E-state index contributed by atoms with van der Waals surface area (Å²) >= 11 is 3.61. The SMILES string of the molecule is CCC1(Cc2cc(Br)cc3c2OCC3)CNC1. The molecular formula is C14H18BrNO. The first kappa shape index (κ1) is 11.5. The van der Waals surface area contributed by atoms with Crippen LogP contribution in [0.4, 0.5) is 0 Å². The third-order valence-electron chi connectivity index (χ3n) is 4.14. The predicted octanol–water partition coefficient (Wildman–Crippen LogP) is 2.93. The molecule has 1 aromatic rings. The van der Waals surface area contributed by atoms with Crippen molar-refractivity contribution in [1.82, 2.24) is 5.32 Å². The molecule has 3 rings (SSSR count). The van der Waals surface area contributed by atoms with Crippen molar-refractivity contribution in [3.05, 3.63) is 27.7 Å². The number of nitrogens with one attached hydrogen (secondary N) is 1. The third-order valence-corrected chi connectivity index (χ3v) is 4.60. The largest absolute Gasteiger partial charge is 0.493 e. The van der Waals surface area contributed by atoms with Crippen LogP contribution in [-0.4, -0.2) is 19.7 Å². The molecule has 17 heavy (non-hydrogen) atoms. The lowest BCUT2D eigenvalue weighted by atomic mass is 9.74. The van der Waals surface area contributed by atoms with Crippen LogP contribution < -0.4 is 10.1 Å². The second-order valence-corrected chi connectivity index (χ2v) is 6.20. The minimum Gasteiger partial charge on any atom is -0.493 e. The van der Waals surface area contributed by atoms with Gasteiger partial charge in [-0.15, -0.1) is 0 Å². The fourth-order valence-electron chi connectivity index (χ4n) is 2.86. The maximum Gasteiger partial charge on any atom is 0.125 e. The molecule has 92 valence electrons. The van der Waals surface area contributed by atoms with Crippen LogP contribution in [0.3, 0.4) is 0 Å². The Labute approximate surface area is 111 Å². The fraction of sp³-hybridized carbons (Fsp3) is 0.571. The highest BCUT2D eigenvalue weighted by Crippen LogP contribution is 2.39. The minimum atomic E-state index is 0.459. The predicted molar refractivity (Wildman–Crippen MR) is 72.6 cm³/mol. The number of rotatable bonds is 3. The van der Waals surface area contributed by atoms with Gasteiger partial charge in [0, 0.05) is 24.0 Å². The summed E-state index contributed by atoms with van der Waals surface area (Å²) in [6.07, 6.45) is 3.43. The highest BCUT2D eigenvalue weighted by Gasteiger charge is 2.36. The average molecular weight is 296 g/mol. The summed E-state index contributed by atoms with van der Waals surface area (Å²) in [7, 11) is 0. The van der Waals surface area contributed by atoms with Gasteiger partial charge in [0.25, 0.3) is 0 Å². The van der Waals surface area contributed by atoms with E-state index in [4.69, 9.17) is 4.74 Å². The van der Waals surface area contributed by atoms with Gasteiger partial charge in [-0.1, -0.05) is 22.9 Å². The summed E-state index contributed by atoms with van der Waals surface area (Å²) in [6, 6.07) is 4.43. The van der Waals surface area contributed by atoms with E-state index in [0.717, 1.165) is 38.3 Å². The van der Waals surface area contributed by atoms with Crippen LogP contribution in [0, 0.1) is 5.41 Å². The first-order chi connectivity index (χ1) is 8.22. The molecule has 2 aliphatic rings. The van der Waals surface area contributed by atoms with Gasteiger partial charge in [-0.05, 0) is 41.5 Å². The zero-order chi connectivity index (χ0) is 11.9. The van der Waals surface area contributed by atoms with Crippen LogP contribution in [-0.2, 0) is 12.8 Å². The van der Waals surface area contributed by atoms with E-state index < -0.39 is 0 Å². The summed E-state index contributed by atoms with van der Waals surface area (Å²) in [5, 5.41) is 3.40. The fourth-order valence-corrected chi connectivity index (χ4v) is 3.41. The Morgan fingerprint density at radius 2 is 2.24 bits per heavy atom.